The quantitative estimate of drug-likeness (QED) is 0.768. The minimum Gasteiger partial charge on any atom is -0.340 e. The van der Waals surface area contributed by atoms with E-state index >= 15 is 0 Å². The molecule has 1 aliphatic rings. The first-order chi connectivity index (χ1) is 6.49. The largest absolute Gasteiger partial charge is 0.340 e. The van der Waals surface area contributed by atoms with Gasteiger partial charge >= 0.3 is 0 Å². The lowest BCUT2D eigenvalue weighted by atomic mass is 9.98. The molecule has 4 heteroatoms. The van der Waals surface area contributed by atoms with Crippen LogP contribution in [0.5, 0.6) is 0 Å². The predicted octanol–water partition coefficient (Wildman–Crippen LogP) is 1.08. The van der Waals surface area contributed by atoms with Crippen LogP contribution in [0, 0.1) is 0 Å². The standard InChI is InChI=1S/C10H20N2OS/c1-4-10(2,11)9(13)12(3)8-5-6-14-7-8/h8H,4-7,11H2,1-3H3. The Morgan fingerprint density at radius 2 is 2.36 bits per heavy atom. The van der Waals surface area contributed by atoms with Crippen molar-refractivity contribution in [2.24, 2.45) is 5.73 Å². The molecule has 0 aliphatic carbocycles. The van der Waals surface area contributed by atoms with Crippen LogP contribution in [0.25, 0.3) is 0 Å². The number of hydrogen-bond donors (Lipinski definition) is 1. The second-order valence-electron chi connectivity index (χ2n) is 4.20. The summed E-state index contributed by atoms with van der Waals surface area (Å²) in [5, 5.41) is 0. The SMILES string of the molecule is CCC(C)(N)C(=O)N(C)C1CCSC1. The predicted molar refractivity (Wildman–Crippen MR) is 61.4 cm³/mol. The summed E-state index contributed by atoms with van der Waals surface area (Å²) in [5.74, 6) is 2.30. The van der Waals surface area contributed by atoms with Gasteiger partial charge in [-0.1, -0.05) is 6.92 Å². The van der Waals surface area contributed by atoms with Gasteiger partial charge in [0.05, 0.1) is 5.54 Å². The van der Waals surface area contributed by atoms with Crippen LogP contribution >= 0.6 is 11.8 Å². The van der Waals surface area contributed by atoms with Crippen LogP contribution in [-0.4, -0.2) is 40.9 Å². The lowest BCUT2D eigenvalue weighted by molar-refractivity contribution is -0.136. The summed E-state index contributed by atoms with van der Waals surface area (Å²) in [4.78, 5) is 13.8. The molecular weight excluding hydrogens is 196 g/mol. The van der Waals surface area contributed by atoms with Gasteiger partial charge in [0, 0.05) is 18.8 Å². The van der Waals surface area contributed by atoms with Crippen molar-refractivity contribution in [3.8, 4) is 0 Å². The maximum absolute atomic E-state index is 12.0. The minimum absolute atomic E-state index is 0.0764. The molecule has 0 saturated carbocycles. The molecule has 0 aromatic rings. The zero-order chi connectivity index (χ0) is 10.8. The highest BCUT2D eigenvalue weighted by molar-refractivity contribution is 7.99. The van der Waals surface area contributed by atoms with Crippen molar-refractivity contribution >= 4 is 17.7 Å². The lowest BCUT2D eigenvalue weighted by Crippen LogP contribution is -2.54. The molecule has 2 atom stereocenters. The number of likely N-dealkylation sites (N-methyl/N-ethyl adjacent to an activating group) is 1. The van der Waals surface area contributed by atoms with Crippen molar-refractivity contribution in [1.29, 1.82) is 0 Å². The van der Waals surface area contributed by atoms with E-state index in [-0.39, 0.29) is 5.91 Å². The van der Waals surface area contributed by atoms with E-state index in [1.54, 1.807) is 0 Å². The summed E-state index contributed by atoms with van der Waals surface area (Å²) in [6.45, 7) is 3.77. The van der Waals surface area contributed by atoms with Crippen LogP contribution in [-0.2, 0) is 4.79 Å². The van der Waals surface area contributed by atoms with Crippen molar-refractivity contribution in [2.75, 3.05) is 18.6 Å². The number of nitrogens with two attached hydrogens (primary N) is 1. The number of hydrogen-bond acceptors (Lipinski definition) is 3. The Morgan fingerprint density at radius 1 is 1.71 bits per heavy atom. The zero-order valence-electron chi connectivity index (χ0n) is 9.25. The molecule has 0 radical (unpaired) electrons. The number of rotatable bonds is 3. The van der Waals surface area contributed by atoms with Crippen LogP contribution in [0.3, 0.4) is 0 Å². The van der Waals surface area contributed by atoms with E-state index in [4.69, 9.17) is 5.73 Å². The number of carbonyl (C=O) groups is 1. The highest BCUT2D eigenvalue weighted by Crippen LogP contribution is 2.23. The van der Waals surface area contributed by atoms with E-state index in [2.05, 4.69) is 0 Å². The second kappa shape index (κ2) is 4.53. The van der Waals surface area contributed by atoms with Gasteiger partial charge in [0.2, 0.25) is 5.91 Å². The maximum atomic E-state index is 12.0. The van der Waals surface area contributed by atoms with Crippen LogP contribution in [0.2, 0.25) is 0 Å². The van der Waals surface area contributed by atoms with Gasteiger partial charge < -0.3 is 10.6 Å². The molecular formula is C10H20N2OS. The molecule has 82 valence electrons. The third-order valence-electron chi connectivity index (χ3n) is 3.00. The molecule has 1 aliphatic heterocycles. The average Bonchev–Trinajstić information content (AvgIpc) is 2.68. The Kier molecular flexibility index (Phi) is 3.84. The van der Waals surface area contributed by atoms with Gasteiger partial charge in [-0.05, 0) is 25.5 Å². The van der Waals surface area contributed by atoms with Crippen molar-refractivity contribution in [3.63, 3.8) is 0 Å². The Morgan fingerprint density at radius 3 is 2.79 bits per heavy atom. The molecule has 1 amide bonds. The van der Waals surface area contributed by atoms with Crippen LogP contribution in [0.4, 0.5) is 0 Å². The van der Waals surface area contributed by atoms with Crippen molar-refractivity contribution in [2.45, 2.75) is 38.3 Å². The number of nitrogens with zero attached hydrogens (tertiary/aromatic N) is 1. The van der Waals surface area contributed by atoms with Crippen LogP contribution in [0.15, 0.2) is 0 Å². The molecule has 0 bridgehead atoms. The molecule has 2 N–H and O–H groups in total. The van der Waals surface area contributed by atoms with E-state index in [1.807, 2.05) is 37.6 Å². The fourth-order valence-electron chi connectivity index (χ4n) is 1.55. The highest BCUT2D eigenvalue weighted by atomic mass is 32.2. The number of thioether (sulfide) groups is 1. The molecule has 1 heterocycles. The molecule has 1 fully saturated rings. The van der Waals surface area contributed by atoms with Crippen LogP contribution < -0.4 is 5.73 Å². The molecule has 3 nitrogen and oxygen atoms in total. The summed E-state index contributed by atoms with van der Waals surface area (Å²) in [6, 6.07) is 0.391. The fourth-order valence-corrected chi connectivity index (χ4v) is 2.82. The van der Waals surface area contributed by atoms with Crippen LogP contribution in [0.1, 0.15) is 26.7 Å². The van der Waals surface area contributed by atoms with E-state index in [9.17, 15) is 4.79 Å². The van der Waals surface area contributed by atoms with Gasteiger partial charge in [0.15, 0.2) is 0 Å². The third-order valence-corrected chi connectivity index (χ3v) is 4.14. The summed E-state index contributed by atoms with van der Waals surface area (Å²) >= 11 is 1.91. The van der Waals surface area contributed by atoms with Gasteiger partial charge in [0.25, 0.3) is 0 Å². The number of carbonyl (C=O) groups excluding carboxylic acids is 1. The monoisotopic (exact) mass is 216 g/mol. The molecule has 0 aromatic heterocycles. The normalized spacial score (nSPS) is 25.9. The molecule has 2 unspecified atom stereocenters. The molecule has 0 aromatic carbocycles. The van der Waals surface area contributed by atoms with Crippen molar-refractivity contribution < 1.29 is 4.79 Å². The molecule has 14 heavy (non-hydrogen) atoms. The summed E-state index contributed by atoms with van der Waals surface area (Å²) in [7, 11) is 1.87. The fraction of sp³-hybridized carbons (Fsp3) is 0.900. The van der Waals surface area contributed by atoms with Gasteiger partial charge in [-0.15, -0.1) is 0 Å². The lowest BCUT2D eigenvalue weighted by Gasteiger charge is -2.31. The van der Waals surface area contributed by atoms with E-state index in [1.165, 1.54) is 0 Å². The van der Waals surface area contributed by atoms with E-state index in [0.717, 1.165) is 17.9 Å². The highest BCUT2D eigenvalue weighted by Gasteiger charge is 2.33. The third kappa shape index (κ3) is 2.42. The first-order valence-electron chi connectivity index (χ1n) is 5.13. The summed E-state index contributed by atoms with van der Waals surface area (Å²) in [6.07, 6.45) is 1.79. The second-order valence-corrected chi connectivity index (χ2v) is 5.35. The summed E-state index contributed by atoms with van der Waals surface area (Å²) < 4.78 is 0. The maximum Gasteiger partial charge on any atom is 0.242 e. The Labute approximate surface area is 90.4 Å². The average molecular weight is 216 g/mol. The van der Waals surface area contributed by atoms with Gasteiger partial charge in [-0.25, -0.2) is 0 Å². The molecule has 1 rings (SSSR count). The first kappa shape index (κ1) is 11.9. The van der Waals surface area contributed by atoms with E-state index in [0.29, 0.717) is 12.5 Å². The zero-order valence-corrected chi connectivity index (χ0v) is 10.1. The van der Waals surface area contributed by atoms with Crippen molar-refractivity contribution in [3.05, 3.63) is 0 Å². The van der Waals surface area contributed by atoms with E-state index < -0.39 is 5.54 Å². The smallest absolute Gasteiger partial charge is 0.242 e. The summed E-state index contributed by atoms with van der Waals surface area (Å²) in [5.41, 5.74) is 5.24. The van der Waals surface area contributed by atoms with Gasteiger partial charge in [0.1, 0.15) is 0 Å². The molecule has 1 saturated heterocycles. The minimum atomic E-state index is -0.692. The Hall–Kier alpha value is -0.220. The Bertz CT molecular complexity index is 212. The topological polar surface area (TPSA) is 46.3 Å². The Balaban J connectivity index is 2.59. The van der Waals surface area contributed by atoms with Crippen molar-refractivity contribution in [1.82, 2.24) is 4.90 Å². The molecule has 0 spiro atoms. The first-order valence-corrected chi connectivity index (χ1v) is 6.28. The van der Waals surface area contributed by atoms with Gasteiger partial charge in [-0.2, -0.15) is 11.8 Å². The van der Waals surface area contributed by atoms with Gasteiger partial charge in [-0.3, -0.25) is 4.79 Å². The number of amides is 1.